The molecule has 1 aromatic carbocycles. The highest BCUT2D eigenvalue weighted by molar-refractivity contribution is 7.11. The fourth-order valence-corrected chi connectivity index (χ4v) is 3.68. The van der Waals surface area contributed by atoms with Crippen LogP contribution >= 0.6 is 11.3 Å². The van der Waals surface area contributed by atoms with E-state index in [0.717, 1.165) is 10.4 Å². The zero-order chi connectivity index (χ0) is 19.0. The smallest absolute Gasteiger partial charge is 0.345 e. The molecule has 0 saturated carbocycles. The number of hydrogen-bond acceptors (Lipinski definition) is 6. The summed E-state index contributed by atoms with van der Waals surface area (Å²) in [5.74, 6) is 0.308. The fourth-order valence-electron chi connectivity index (χ4n) is 2.84. The highest BCUT2D eigenvalue weighted by Gasteiger charge is 2.30. The minimum atomic E-state index is -0.517. The summed E-state index contributed by atoms with van der Waals surface area (Å²) < 4.78 is 11.2. The summed E-state index contributed by atoms with van der Waals surface area (Å²) >= 11 is 1.55. The number of fused-ring (bicyclic) bond motifs is 1. The van der Waals surface area contributed by atoms with Gasteiger partial charge in [0.25, 0.3) is 0 Å². The van der Waals surface area contributed by atoms with Gasteiger partial charge in [0, 0.05) is 29.4 Å². The molecule has 3 aromatic rings. The number of aryl methyl sites for hydroxylation is 2. The van der Waals surface area contributed by atoms with E-state index in [1.54, 1.807) is 54.8 Å². The maximum Gasteiger partial charge on any atom is 0.345 e. The zero-order valence-electron chi connectivity index (χ0n) is 14.7. The number of aromatic nitrogens is 1. The van der Waals surface area contributed by atoms with Crippen LogP contribution < -0.4 is 9.47 Å². The molecule has 0 radical (unpaired) electrons. The van der Waals surface area contributed by atoms with Crippen LogP contribution in [0.25, 0.3) is 6.08 Å². The fraction of sp³-hybridized carbons (Fsp3) is 0.0952. The largest absolute Gasteiger partial charge is 0.452 e. The first kappa shape index (κ1) is 17.2. The van der Waals surface area contributed by atoms with Gasteiger partial charge in [-0.25, -0.2) is 4.79 Å². The predicted molar refractivity (Wildman–Crippen MR) is 102 cm³/mol. The van der Waals surface area contributed by atoms with Crippen LogP contribution in [0, 0.1) is 13.8 Å². The third-order valence-corrected chi connectivity index (χ3v) is 5.18. The molecule has 0 N–H and O–H groups in total. The predicted octanol–water partition coefficient (Wildman–Crippen LogP) is 4.60. The minimum absolute atomic E-state index is 0.166. The minimum Gasteiger partial charge on any atom is -0.452 e. The number of rotatable bonds is 3. The molecule has 0 atom stereocenters. The average molecular weight is 377 g/mol. The molecule has 0 unspecified atom stereocenters. The van der Waals surface area contributed by atoms with Crippen molar-refractivity contribution in [1.82, 2.24) is 4.98 Å². The van der Waals surface area contributed by atoms with Crippen molar-refractivity contribution in [3.63, 3.8) is 0 Å². The molecular weight excluding hydrogens is 362 g/mol. The molecule has 5 nitrogen and oxygen atoms in total. The SMILES string of the molecule is Cc1ccsc1/C=C1\Oc2cc(OC(=O)c3cccnc3)cc(C)c2C1=O. The standard InChI is InChI=1S/C21H15NO4S/c1-12-5-7-27-18(12)10-17-20(23)19-13(2)8-15(9-16(19)26-17)25-21(24)14-4-3-6-22-11-14/h3-11H,1-2H3/b17-10-. The van der Waals surface area contributed by atoms with Crippen LogP contribution in [0.4, 0.5) is 0 Å². The molecule has 6 heteroatoms. The summed E-state index contributed by atoms with van der Waals surface area (Å²) in [4.78, 5) is 29.8. The summed E-state index contributed by atoms with van der Waals surface area (Å²) in [6, 6.07) is 8.50. The molecule has 4 rings (SSSR count). The summed E-state index contributed by atoms with van der Waals surface area (Å²) in [5, 5.41) is 1.97. The number of hydrogen-bond donors (Lipinski definition) is 0. The van der Waals surface area contributed by atoms with E-state index < -0.39 is 5.97 Å². The number of benzene rings is 1. The van der Waals surface area contributed by atoms with Crippen LogP contribution in [-0.2, 0) is 0 Å². The molecule has 0 bridgehead atoms. The van der Waals surface area contributed by atoms with Gasteiger partial charge in [-0.05, 0) is 54.6 Å². The Morgan fingerprint density at radius 2 is 2.07 bits per heavy atom. The first-order valence-corrected chi connectivity index (χ1v) is 9.16. The number of pyridine rings is 1. The molecule has 0 aliphatic carbocycles. The lowest BCUT2D eigenvalue weighted by molar-refractivity contribution is 0.0734. The van der Waals surface area contributed by atoms with Crippen molar-refractivity contribution in [2.24, 2.45) is 0 Å². The second-order valence-corrected chi connectivity index (χ2v) is 7.10. The Labute approximate surface area is 159 Å². The highest BCUT2D eigenvalue weighted by Crippen LogP contribution is 2.38. The first-order chi connectivity index (χ1) is 13.0. The number of ether oxygens (including phenoxy) is 2. The van der Waals surface area contributed by atoms with Gasteiger partial charge in [0.1, 0.15) is 11.5 Å². The lowest BCUT2D eigenvalue weighted by Gasteiger charge is -2.07. The van der Waals surface area contributed by atoms with Gasteiger partial charge in [-0.3, -0.25) is 9.78 Å². The molecule has 134 valence electrons. The van der Waals surface area contributed by atoms with E-state index in [1.807, 2.05) is 18.4 Å². The lowest BCUT2D eigenvalue weighted by atomic mass is 10.0. The van der Waals surface area contributed by atoms with E-state index in [9.17, 15) is 9.59 Å². The monoisotopic (exact) mass is 377 g/mol. The Bertz CT molecular complexity index is 1080. The van der Waals surface area contributed by atoms with Crippen LogP contribution in [0.5, 0.6) is 11.5 Å². The molecule has 1 aliphatic heterocycles. The normalized spacial score (nSPS) is 14.1. The van der Waals surface area contributed by atoms with Crippen LogP contribution in [0.2, 0.25) is 0 Å². The van der Waals surface area contributed by atoms with E-state index in [4.69, 9.17) is 9.47 Å². The van der Waals surface area contributed by atoms with Gasteiger partial charge < -0.3 is 9.47 Å². The number of carbonyl (C=O) groups excluding carboxylic acids is 2. The molecule has 0 fully saturated rings. The third kappa shape index (κ3) is 3.27. The number of esters is 1. The molecule has 0 spiro atoms. The van der Waals surface area contributed by atoms with Gasteiger partial charge in [0.05, 0.1) is 11.1 Å². The molecule has 1 aliphatic rings. The third-order valence-electron chi connectivity index (χ3n) is 4.22. The van der Waals surface area contributed by atoms with Crippen molar-refractivity contribution < 1.29 is 19.1 Å². The van der Waals surface area contributed by atoms with Gasteiger partial charge in [0.15, 0.2) is 5.76 Å². The Morgan fingerprint density at radius 1 is 1.22 bits per heavy atom. The maximum absolute atomic E-state index is 12.7. The average Bonchev–Trinajstić information content (AvgIpc) is 3.19. The Hall–Kier alpha value is -3.25. The number of Topliss-reactive ketones (excluding diaryl/α,β-unsaturated/α-hetero) is 1. The molecule has 0 amide bonds. The summed E-state index contributed by atoms with van der Waals surface area (Å²) in [6.07, 6.45) is 4.77. The van der Waals surface area contributed by atoms with E-state index in [0.29, 0.717) is 28.2 Å². The molecule has 2 aromatic heterocycles. The number of allylic oxidation sites excluding steroid dienone is 1. The van der Waals surface area contributed by atoms with Gasteiger partial charge in [0.2, 0.25) is 5.78 Å². The number of nitrogens with zero attached hydrogens (tertiary/aromatic N) is 1. The molecule has 3 heterocycles. The first-order valence-electron chi connectivity index (χ1n) is 8.28. The maximum atomic E-state index is 12.7. The van der Waals surface area contributed by atoms with Crippen LogP contribution in [0.3, 0.4) is 0 Å². The van der Waals surface area contributed by atoms with Crippen LogP contribution in [0.15, 0.2) is 53.9 Å². The summed E-state index contributed by atoms with van der Waals surface area (Å²) in [6.45, 7) is 3.78. The van der Waals surface area contributed by atoms with Crippen molar-refractivity contribution in [2.45, 2.75) is 13.8 Å². The van der Waals surface area contributed by atoms with E-state index >= 15 is 0 Å². The van der Waals surface area contributed by atoms with Crippen molar-refractivity contribution in [1.29, 1.82) is 0 Å². The van der Waals surface area contributed by atoms with E-state index in [2.05, 4.69) is 4.98 Å². The molecule has 0 saturated heterocycles. The van der Waals surface area contributed by atoms with Gasteiger partial charge in [-0.2, -0.15) is 0 Å². The Kier molecular flexibility index (Phi) is 4.33. The Balaban J connectivity index is 1.63. The second-order valence-electron chi connectivity index (χ2n) is 6.15. The second kappa shape index (κ2) is 6.81. The highest BCUT2D eigenvalue weighted by atomic mass is 32.1. The quantitative estimate of drug-likeness (QED) is 0.379. The molecule has 27 heavy (non-hydrogen) atoms. The topological polar surface area (TPSA) is 65.5 Å². The van der Waals surface area contributed by atoms with Gasteiger partial charge >= 0.3 is 5.97 Å². The van der Waals surface area contributed by atoms with E-state index in [1.165, 1.54) is 6.20 Å². The number of ketones is 1. The molecular formula is C21H15NO4S. The zero-order valence-corrected chi connectivity index (χ0v) is 15.5. The summed E-state index contributed by atoms with van der Waals surface area (Å²) in [7, 11) is 0. The van der Waals surface area contributed by atoms with E-state index in [-0.39, 0.29) is 11.5 Å². The lowest BCUT2D eigenvalue weighted by Crippen LogP contribution is -2.09. The Morgan fingerprint density at radius 3 is 2.78 bits per heavy atom. The van der Waals surface area contributed by atoms with Crippen molar-refractivity contribution in [2.75, 3.05) is 0 Å². The van der Waals surface area contributed by atoms with Crippen LogP contribution in [-0.4, -0.2) is 16.7 Å². The number of thiophene rings is 1. The van der Waals surface area contributed by atoms with Gasteiger partial charge in [-0.1, -0.05) is 0 Å². The van der Waals surface area contributed by atoms with Crippen LogP contribution in [0.1, 0.15) is 36.7 Å². The van der Waals surface area contributed by atoms with Gasteiger partial charge in [-0.15, -0.1) is 11.3 Å². The van der Waals surface area contributed by atoms with Crippen molar-refractivity contribution >= 4 is 29.2 Å². The van der Waals surface area contributed by atoms with Crippen molar-refractivity contribution in [3.8, 4) is 11.5 Å². The number of carbonyl (C=O) groups is 2. The summed E-state index contributed by atoms with van der Waals surface area (Å²) in [5.41, 5.74) is 2.62. The van der Waals surface area contributed by atoms with Crippen molar-refractivity contribution in [3.05, 3.63) is 81.0 Å².